The molecule has 0 spiro atoms. The molecule has 4 rings (SSSR count). The molecule has 1 amide bonds. The lowest BCUT2D eigenvalue weighted by Gasteiger charge is -2.29. The van der Waals surface area contributed by atoms with Gasteiger partial charge >= 0.3 is 0 Å². The Morgan fingerprint density at radius 3 is 2.27 bits per heavy atom. The lowest BCUT2D eigenvalue weighted by atomic mass is 9.98. The first-order valence-electron chi connectivity index (χ1n) is 9.53. The van der Waals surface area contributed by atoms with Crippen LogP contribution in [0, 0.1) is 0 Å². The third-order valence-corrected chi connectivity index (χ3v) is 5.26. The molecule has 2 aromatic rings. The average Bonchev–Trinajstić information content (AvgIpc) is 3.16. The summed E-state index contributed by atoms with van der Waals surface area (Å²) in [6, 6.07) is 20.4. The topological polar surface area (TPSA) is 35.9 Å². The standard InChI is InChI=1S/C22H25N3O/c26-22(17-24-14-8-3-9-15-24)25-21(19-12-6-2-7-13-19)16-20(23-25)18-10-4-1-5-11-18/h1-2,4-7,10-13,21H,3,8-9,14-17H2. The molecule has 4 nitrogen and oxygen atoms in total. The van der Waals surface area contributed by atoms with Gasteiger partial charge in [0.1, 0.15) is 0 Å². The monoisotopic (exact) mass is 347 g/mol. The van der Waals surface area contributed by atoms with E-state index in [-0.39, 0.29) is 11.9 Å². The SMILES string of the molecule is O=C(CN1CCCCC1)N1N=C(c2ccccc2)CC1c1ccccc1. The third kappa shape index (κ3) is 3.70. The number of piperidine rings is 1. The highest BCUT2D eigenvalue weighted by Crippen LogP contribution is 2.32. The van der Waals surface area contributed by atoms with Crippen LogP contribution >= 0.6 is 0 Å². The first kappa shape index (κ1) is 17.0. The summed E-state index contributed by atoms with van der Waals surface area (Å²) in [6.45, 7) is 2.50. The summed E-state index contributed by atoms with van der Waals surface area (Å²) in [5.41, 5.74) is 3.24. The molecule has 2 aliphatic rings. The van der Waals surface area contributed by atoms with E-state index in [0.717, 1.165) is 36.3 Å². The van der Waals surface area contributed by atoms with Gasteiger partial charge in [-0.3, -0.25) is 9.69 Å². The second-order valence-electron chi connectivity index (χ2n) is 7.12. The summed E-state index contributed by atoms with van der Waals surface area (Å²) in [5, 5.41) is 6.48. The molecule has 0 N–H and O–H groups in total. The predicted molar refractivity (Wildman–Crippen MR) is 104 cm³/mol. The molecule has 0 radical (unpaired) electrons. The van der Waals surface area contributed by atoms with Crippen LogP contribution < -0.4 is 0 Å². The number of nitrogens with zero attached hydrogens (tertiary/aromatic N) is 3. The van der Waals surface area contributed by atoms with Gasteiger partial charge in [-0.1, -0.05) is 67.1 Å². The van der Waals surface area contributed by atoms with Gasteiger partial charge < -0.3 is 0 Å². The molecule has 0 saturated carbocycles. The minimum Gasteiger partial charge on any atom is -0.294 e. The molecule has 26 heavy (non-hydrogen) atoms. The number of carbonyl (C=O) groups is 1. The summed E-state index contributed by atoms with van der Waals surface area (Å²) in [6.07, 6.45) is 4.42. The maximum atomic E-state index is 13.1. The molecule has 0 aliphatic carbocycles. The molecule has 1 unspecified atom stereocenters. The number of hydrogen-bond acceptors (Lipinski definition) is 3. The van der Waals surface area contributed by atoms with Gasteiger partial charge in [-0.2, -0.15) is 5.10 Å². The Labute approximate surface area is 155 Å². The van der Waals surface area contributed by atoms with Crippen molar-refractivity contribution in [2.45, 2.75) is 31.7 Å². The number of hydrazone groups is 1. The molecule has 2 aromatic carbocycles. The van der Waals surface area contributed by atoms with Crippen LogP contribution in [0.1, 0.15) is 42.9 Å². The molecule has 1 fully saturated rings. The summed E-state index contributed by atoms with van der Waals surface area (Å²) in [7, 11) is 0. The van der Waals surface area contributed by atoms with E-state index < -0.39 is 0 Å². The van der Waals surface area contributed by atoms with Crippen molar-refractivity contribution < 1.29 is 4.79 Å². The Bertz CT molecular complexity index is 766. The van der Waals surface area contributed by atoms with E-state index in [1.807, 2.05) is 36.4 Å². The minimum absolute atomic E-state index is 0.0105. The van der Waals surface area contributed by atoms with Gasteiger partial charge in [0.25, 0.3) is 5.91 Å². The Morgan fingerprint density at radius 2 is 1.58 bits per heavy atom. The normalized spacial score (nSPS) is 20.8. The van der Waals surface area contributed by atoms with Crippen LogP contribution in [0.2, 0.25) is 0 Å². The molecular formula is C22H25N3O. The molecule has 2 aliphatic heterocycles. The van der Waals surface area contributed by atoms with Gasteiger partial charge in [0, 0.05) is 6.42 Å². The highest BCUT2D eigenvalue weighted by Gasteiger charge is 2.33. The zero-order valence-corrected chi connectivity index (χ0v) is 15.1. The van der Waals surface area contributed by atoms with Crippen LogP contribution in [0.3, 0.4) is 0 Å². The summed E-state index contributed by atoms with van der Waals surface area (Å²) < 4.78 is 0. The molecule has 1 saturated heterocycles. The highest BCUT2D eigenvalue weighted by atomic mass is 16.2. The van der Waals surface area contributed by atoms with Crippen molar-refractivity contribution in [3.63, 3.8) is 0 Å². The lowest BCUT2D eigenvalue weighted by molar-refractivity contribution is -0.134. The Hall–Kier alpha value is -2.46. The Morgan fingerprint density at radius 1 is 0.923 bits per heavy atom. The van der Waals surface area contributed by atoms with Crippen LogP contribution in [-0.2, 0) is 4.79 Å². The minimum atomic E-state index is -0.0105. The fourth-order valence-corrected chi connectivity index (χ4v) is 3.86. The average molecular weight is 347 g/mol. The predicted octanol–water partition coefficient (Wildman–Crippen LogP) is 3.85. The first-order chi connectivity index (χ1) is 12.8. The van der Waals surface area contributed by atoms with Crippen molar-refractivity contribution in [2.75, 3.05) is 19.6 Å². The van der Waals surface area contributed by atoms with Gasteiger partial charge in [0.05, 0.1) is 18.3 Å². The summed E-state index contributed by atoms with van der Waals surface area (Å²) in [4.78, 5) is 15.3. The molecule has 0 aromatic heterocycles. The maximum Gasteiger partial charge on any atom is 0.257 e. The smallest absolute Gasteiger partial charge is 0.257 e. The number of carbonyl (C=O) groups excluding carboxylic acids is 1. The quantitative estimate of drug-likeness (QED) is 0.842. The first-order valence-corrected chi connectivity index (χ1v) is 9.53. The summed E-state index contributed by atoms with van der Waals surface area (Å²) >= 11 is 0. The van der Waals surface area contributed by atoms with Crippen LogP contribution in [0.5, 0.6) is 0 Å². The second kappa shape index (κ2) is 7.83. The van der Waals surface area contributed by atoms with Gasteiger partial charge in [-0.25, -0.2) is 5.01 Å². The van der Waals surface area contributed by atoms with Gasteiger partial charge in [-0.05, 0) is 37.1 Å². The number of amides is 1. The third-order valence-electron chi connectivity index (χ3n) is 5.26. The van der Waals surface area contributed by atoms with E-state index in [1.54, 1.807) is 5.01 Å². The van der Waals surface area contributed by atoms with E-state index >= 15 is 0 Å². The molecule has 2 heterocycles. The Balaban J connectivity index is 1.58. The van der Waals surface area contributed by atoms with Gasteiger partial charge in [-0.15, -0.1) is 0 Å². The Kier molecular flexibility index (Phi) is 5.12. The largest absolute Gasteiger partial charge is 0.294 e. The van der Waals surface area contributed by atoms with Crippen molar-refractivity contribution in [3.05, 3.63) is 71.8 Å². The van der Waals surface area contributed by atoms with E-state index in [0.29, 0.717) is 6.54 Å². The van der Waals surface area contributed by atoms with E-state index in [2.05, 4.69) is 29.2 Å². The van der Waals surface area contributed by atoms with Crippen molar-refractivity contribution in [1.29, 1.82) is 0 Å². The van der Waals surface area contributed by atoms with Crippen LogP contribution in [0.15, 0.2) is 65.8 Å². The maximum absolute atomic E-state index is 13.1. The van der Waals surface area contributed by atoms with Crippen molar-refractivity contribution in [2.24, 2.45) is 5.10 Å². The lowest BCUT2D eigenvalue weighted by Crippen LogP contribution is -2.40. The number of rotatable bonds is 4. The zero-order chi connectivity index (χ0) is 17.8. The highest BCUT2D eigenvalue weighted by molar-refractivity contribution is 6.03. The second-order valence-corrected chi connectivity index (χ2v) is 7.12. The molecular weight excluding hydrogens is 322 g/mol. The zero-order valence-electron chi connectivity index (χ0n) is 15.1. The number of likely N-dealkylation sites (tertiary alicyclic amines) is 1. The number of benzene rings is 2. The molecule has 4 heteroatoms. The summed E-state index contributed by atoms with van der Waals surface area (Å²) in [5.74, 6) is 0.103. The van der Waals surface area contributed by atoms with E-state index in [4.69, 9.17) is 5.10 Å². The van der Waals surface area contributed by atoms with Crippen molar-refractivity contribution in [3.8, 4) is 0 Å². The van der Waals surface area contributed by atoms with E-state index in [9.17, 15) is 4.79 Å². The fourth-order valence-electron chi connectivity index (χ4n) is 3.86. The van der Waals surface area contributed by atoms with Gasteiger partial charge in [0.2, 0.25) is 0 Å². The molecule has 134 valence electrons. The van der Waals surface area contributed by atoms with Crippen molar-refractivity contribution in [1.82, 2.24) is 9.91 Å². The van der Waals surface area contributed by atoms with Crippen molar-refractivity contribution >= 4 is 11.6 Å². The van der Waals surface area contributed by atoms with Crippen LogP contribution in [-0.4, -0.2) is 41.2 Å². The fraction of sp³-hybridized carbons (Fsp3) is 0.364. The molecule has 0 bridgehead atoms. The molecule has 1 atom stereocenters. The van der Waals surface area contributed by atoms with Gasteiger partial charge in [0.15, 0.2) is 0 Å². The number of hydrogen-bond donors (Lipinski definition) is 0. The van der Waals surface area contributed by atoms with Crippen LogP contribution in [0.25, 0.3) is 0 Å². The van der Waals surface area contributed by atoms with Crippen LogP contribution in [0.4, 0.5) is 0 Å². The van der Waals surface area contributed by atoms with E-state index in [1.165, 1.54) is 19.3 Å².